The second-order valence-corrected chi connectivity index (χ2v) is 9.00. The number of benzene rings is 2. The number of piperidine rings is 1. The van der Waals surface area contributed by atoms with Crippen LogP contribution in [-0.4, -0.2) is 35.5 Å². The summed E-state index contributed by atoms with van der Waals surface area (Å²) in [7, 11) is 0. The van der Waals surface area contributed by atoms with E-state index in [0.29, 0.717) is 39.1 Å². The van der Waals surface area contributed by atoms with Crippen LogP contribution < -0.4 is 10.6 Å². The maximum atomic E-state index is 12.6. The summed E-state index contributed by atoms with van der Waals surface area (Å²) in [5, 5.41) is 5.96. The highest BCUT2D eigenvalue weighted by atomic mass is 16.5. The van der Waals surface area contributed by atoms with Crippen LogP contribution in [0.2, 0.25) is 0 Å². The molecule has 31 heavy (non-hydrogen) atoms. The van der Waals surface area contributed by atoms with Gasteiger partial charge in [-0.2, -0.15) is 0 Å². The van der Waals surface area contributed by atoms with E-state index in [9.17, 15) is 9.59 Å². The molecule has 2 aromatic carbocycles. The van der Waals surface area contributed by atoms with Gasteiger partial charge in [-0.25, -0.2) is 4.79 Å². The number of carbonyl (C=O) groups excluding carboxylic acids is 2. The summed E-state index contributed by atoms with van der Waals surface area (Å²) in [6.45, 7) is 8.28. The minimum atomic E-state index is -0.186. The zero-order valence-corrected chi connectivity index (χ0v) is 18.7. The van der Waals surface area contributed by atoms with Crippen LogP contribution in [-0.2, 0) is 22.7 Å². The van der Waals surface area contributed by atoms with Gasteiger partial charge in [0.25, 0.3) is 0 Å². The van der Waals surface area contributed by atoms with Gasteiger partial charge in [0.1, 0.15) is 0 Å². The third kappa shape index (κ3) is 7.40. The zero-order chi connectivity index (χ0) is 22.3. The molecule has 1 saturated heterocycles. The Morgan fingerprint density at radius 2 is 1.68 bits per heavy atom. The number of urea groups is 1. The number of rotatable bonds is 6. The van der Waals surface area contributed by atoms with Crippen molar-refractivity contribution in [2.45, 2.75) is 52.4 Å². The van der Waals surface area contributed by atoms with Crippen molar-refractivity contribution < 1.29 is 14.3 Å². The lowest BCUT2D eigenvalue weighted by atomic mass is 9.96. The highest BCUT2D eigenvalue weighted by molar-refractivity contribution is 5.92. The van der Waals surface area contributed by atoms with E-state index in [1.807, 2.05) is 69.3 Å². The average Bonchev–Trinajstić information content (AvgIpc) is 2.77. The first-order valence-corrected chi connectivity index (χ1v) is 10.9. The summed E-state index contributed by atoms with van der Waals surface area (Å²) in [5.74, 6) is -0.0377. The molecule has 0 aromatic heterocycles. The van der Waals surface area contributed by atoms with Crippen molar-refractivity contribution in [3.63, 3.8) is 0 Å². The fraction of sp³-hybridized carbons (Fsp3) is 0.440. The Kier molecular flexibility index (Phi) is 7.69. The molecule has 0 unspecified atom stereocenters. The maximum Gasteiger partial charge on any atom is 0.317 e. The largest absolute Gasteiger partial charge is 0.371 e. The summed E-state index contributed by atoms with van der Waals surface area (Å²) >= 11 is 0. The predicted octanol–water partition coefficient (Wildman–Crippen LogP) is 4.56. The summed E-state index contributed by atoms with van der Waals surface area (Å²) in [6.07, 6.45) is 1.34. The fourth-order valence-corrected chi connectivity index (χ4v) is 3.53. The van der Waals surface area contributed by atoms with Gasteiger partial charge in [0.05, 0.1) is 12.2 Å². The lowest BCUT2D eigenvalue weighted by Crippen LogP contribution is -2.45. The Balaban J connectivity index is 1.42. The number of ether oxygens (including phenoxy) is 1. The molecule has 0 spiro atoms. The van der Waals surface area contributed by atoms with Gasteiger partial charge in [0.15, 0.2) is 0 Å². The Labute approximate surface area is 185 Å². The molecule has 0 radical (unpaired) electrons. The third-order valence-corrected chi connectivity index (χ3v) is 5.30. The van der Waals surface area contributed by atoms with Crippen LogP contribution >= 0.6 is 0 Å². The number of hydrogen-bond donors (Lipinski definition) is 2. The number of likely N-dealkylation sites (tertiary alicyclic amines) is 1. The number of hydrogen-bond acceptors (Lipinski definition) is 3. The molecule has 1 fully saturated rings. The number of amides is 3. The molecule has 1 heterocycles. The topological polar surface area (TPSA) is 70.7 Å². The lowest BCUT2D eigenvalue weighted by Gasteiger charge is -2.31. The van der Waals surface area contributed by atoms with Gasteiger partial charge in [-0.15, -0.1) is 0 Å². The molecule has 0 aliphatic carbocycles. The van der Waals surface area contributed by atoms with E-state index < -0.39 is 0 Å². The predicted molar refractivity (Wildman–Crippen MR) is 123 cm³/mol. The van der Waals surface area contributed by atoms with Crippen molar-refractivity contribution >= 4 is 17.6 Å². The minimum absolute atomic E-state index is 0.0283. The summed E-state index contributed by atoms with van der Waals surface area (Å²) < 4.78 is 5.83. The third-order valence-electron chi connectivity index (χ3n) is 5.30. The van der Waals surface area contributed by atoms with E-state index in [0.717, 1.165) is 16.8 Å². The summed E-state index contributed by atoms with van der Waals surface area (Å²) in [6, 6.07) is 17.5. The molecule has 3 rings (SSSR count). The van der Waals surface area contributed by atoms with Crippen molar-refractivity contribution in [2.75, 3.05) is 18.4 Å². The van der Waals surface area contributed by atoms with Gasteiger partial charge in [-0.3, -0.25) is 4.79 Å². The molecule has 0 bridgehead atoms. The van der Waals surface area contributed by atoms with Gasteiger partial charge < -0.3 is 20.3 Å². The molecule has 0 saturated carbocycles. The van der Waals surface area contributed by atoms with Crippen LogP contribution in [0.3, 0.4) is 0 Å². The van der Waals surface area contributed by atoms with Gasteiger partial charge in [0.2, 0.25) is 5.91 Å². The van der Waals surface area contributed by atoms with Crippen molar-refractivity contribution in [1.82, 2.24) is 10.2 Å². The number of anilines is 1. The van der Waals surface area contributed by atoms with E-state index in [1.54, 1.807) is 4.90 Å². The average molecular weight is 424 g/mol. The smallest absolute Gasteiger partial charge is 0.317 e. The van der Waals surface area contributed by atoms with E-state index in [4.69, 9.17) is 4.74 Å². The number of nitrogens with zero attached hydrogens (tertiary/aromatic N) is 1. The van der Waals surface area contributed by atoms with E-state index in [1.165, 1.54) is 0 Å². The fourth-order valence-electron chi connectivity index (χ4n) is 3.53. The van der Waals surface area contributed by atoms with Gasteiger partial charge in [-0.1, -0.05) is 42.5 Å². The van der Waals surface area contributed by atoms with E-state index in [2.05, 4.69) is 16.7 Å². The first kappa shape index (κ1) is 22.8. The Morgan fingerprint density at radius 1 is 1.00 bits per heavy atom. The Hall–Kier alpha value is -2.86. The molecule has 6 heteroatoms. The van der Waals surface area contributed by atoms with Gasteiger partial charge in [0, 0.05) is 31.2 Å². The van der Waals surface area contributed by atoms with Crippen molar-refractivity contribution in [3.05, 3.63) is 65.7 Å². The number of carbonyl (C=O) groups is 2. The van der Waals surface area contributed by atoms with E-state index in [-0.39, 0.29) is 23.5 Å². The van der Waals surface area contributed by atoms with Crippen LogP contribution in [0.5, 0.6) is 0 Å². The first-order valence-electron chi connectivity index (χ1n) is 10.9. The van der Waals surface area contributed by atoms with Gasteiger partial charge >= 0.3 is 6.03 Å². The van der Waals surface area contributed by atoms with Crippen LogP contribution in [0.25, 0.3) is 0 Å². The highest BCUT2D eigenvalue weighted by Crippen LogP contribution is 2.20. The van der Waals surface area contributed by atoms with Crippen LogP contribution in [0.1, 0.15) is 44.7 Å². The number of nitrogens with one attached hydrogen (secondary N) is 2. The molecular weight excluding hydrogens is 390 g/mol. The molecule has 2 aromatic rings. The maximum absolute atomic E-state index is 12.6. The Bertz CT molecular complexity index is 869. The summed E-state index contributed by atoms with van der Waals surface area (Å²) in [4.78, 5) is 26.8. The van der Waals surface area contributed by atoms with Gasteiger partial charge in [-0.05, 0) is 56.9 Å². The Morgan fingerprint density at radius 3 is 2.35 bits per heavy atom. The standard InChI is InChI=1S/C25H33N3O3/c1-25(2,3)31-18-20-9-7-8-19(16-20)17-26-24(30)28-14-12-21(13-15-28)23(29)27-22-10-5-4-6-11-22/h4-11,16,21H,12-15,17-18H2,1-3H3,(H,26,30)(H,27,29). The molecular formula is C25H33N3O3. The molecule has 2 N–H and O–H groups in total. The summed E-state index contributed by atoms with van der Waals surface area (Å²) in [5.41, 5.74) is 2.75. The second kappa shape index (κ2) is 10.4. The molecule has 1 aliphatic rings. The molecule has 3 amide bonds. The zero-order valence-electron chi connectivity index (χ0n) is 18.7. The van der Waals surface area contributed by atoms with Crippen LogP contribution in [0, 0.1) is 5.92 Å². The lowest BCUT2D eigenvalue weighted by molar-refractivity contribution is -0.121. The van der Waals surface area contributed by atoms with Crippen LogP contribution in [0.4, 0.5) is 10.5 Å². The minimum Gasteiger partial charge on any atom is -0.371 e. The van der Waals surface area contributed by atoms with Crippen molar-refractivity contribution in [2.24, 2.45) is 5.92 Å². The second-order valence-electron chi connectivity index (χ2n) is 9.00. The normalized spacial score (nSPS) is 14.9. The monoisotopic (exact) mass is 423 g/mol. The SMILES string of the molecule is CC(C)(C)OCc1cccc(CNC(=O)N2CCC(C(=O)Nc3ccccc3)CC2)c1. The van der Waals surface area contributed by atoms with E-state index >= 15 is 0 Å². The number of para-hydroxylation sites is 1. The quantitative estimate of drug-likeness (QED) is 0.715. The van der Waals surface area contributed by atoms with Crippen molar-refractivity contribution in [1.29, 1.82) is 0 Å². The molecule has 0 atom stereocenters. The van der Waals surface area contributed by atoms with Crippen LogP contribution in [0.15, 0.2) is 54.6 Å². The van der Waals surface area contributed by atoms with Crippen molar-refractivity contribution in [3.8, 4) is 0 Å². The molecule has 166 valence electrons. The molecule has 1 aliphatic heterocycles. The highest BCUT2D eigenvalue weighted by Gasteiger charge is 2.27. The first-order chi connectivity index (χ1) is 14.8. The molecule has 6 nitrogen and oxygen atoms in total.